The van der Waals surface area contributed by atoms with Crippen LogP contribution in [-0.4, -0.2) is 38.6 Å². The molecule has 1 saturated heterocycles. The fraction of sp³-hybridized carbons (Fsp3) is 0.391. The van der Waals surface area contributed by atoms with E-state index in [1.807, 2.05) is 36.1 Å². The number of nitrogens with zero attached hydrogens (tertiary/aromatic N) is 2. The molecular formula is C23H30FIN4O2. The predicted octanol–water partition coefficient (Wildman–Crippen LogP) is 4.01. The monoisotopic (exact) mass is 540 g/mol. The van der Waals surface area contributed by atoms with Crippen molar-refractivity contribution in [3.8, 4) is 0 Å². The van der Waals surface area contributed by atoms with E-state index in [1.54, 1.807) is 19.2 Å². The highest BCUT2D eigenvalue weighted by atomic mass is 127. The van der Waals surface area contributed by atoms with Gasteiger partial charge in [0.05, 0.1) is 12.6 Å². The Kier molecular flexibility index (Phi) is 10.2. The second kappa shape index (κ2) is 12.6. The van der Waals surface area contributed by atoms with Crippen LogP contribution < -0.4 is 15.5 Å². The summed E-state index contributed by atoms with van der Waals surface area (Å²) in [6, 6.07) is 14.3. The SMILES string of the molecule is CCNC(=NCc1ccc(N2CCCC2=O)cc1)NCC(OC)c1ccc(F)cc1.I. The molecule has 2 aromatic rings. The number of halogens is 2. The van der Waals surface area contributed by atoms with Gasteiger partial charge in [0.25, 0.3) is 0 Å². The molecule has 0 aromatic heterocycles. The number of hydrogen-bond acceptors (Lipinski definition) is 3. The molecule has 1 aliphatic heterocycles. The van der Waals surface area contributed by atoms with Crippen LogP contribution in [0, 0.1) is 5.82 Å². The largest absolute Gasteiger partial charge is 0.375 e. The van der Waals surface area contributed by atoms with E-state index in [4.69, 9.17) is 4.74 Å². The Morgan fingerprint density at radius 1 is 1.16 bits per heavy atom. The molecule has 8 heteroatoms. The molecule has 1 unspecified atom stereocenters. The van der Waals surface area contributed by atoms with E-state index < -0.39 is 0 Å². The van der Waals surface area contributed by atoms with Crippen molar-refractivity contribution >= 4 is 41.5 Å². The van der Waals surface area contributed by atoms with Gasteiger partial charge in [0, 0.05) is 38.9 Å². The molecule has 0 aliphatic carbocycles. The number of carbonyl (C=O) groups excluding carboxylic acids is 1. The molecule has 1 amide bonds. The highest BCUT2D eigenvalue weighted by molar-refractivity contribution is 14.0. The highest BCUT2D eigenvalue weighted by Gasteiger charge is 2.21. The third-order valence-electron chi connectivity index (χ3n) is 5.07. The fourth-order valence-corrected chi connectivity index (χ4v) is 3.42. The molecule has 31 heavy (non-hydrogen) atoms. The summed E-state index contributed by atoms with van der Waals surface area (Å²) in [5.74, 6) is 0.602. The number of methoxy groups -OCH3 is 1. The predicted molar refractivity (Wildman–Crippen MR) is 132 cm³/mol. The number of anilines is 1. The summed E-state index contributed by atoms with van der Waals surface area (Å²) in [5, 5.41) is 6.51. The zero-order chi connectivity index (χ0) is 21.3. The number of benzene rings is 2. The third kappa shape index (κ3) is 7.17. The average molecular weight is 540 g/mol. The number of ether oxygens (including phenoxy) is 1. The molecule has 1 atom stereocenters. The van der Waals surface area contributed by atoms with Crippen LogP contribution in [0.25, 0.3) is 0 Å². The Balaban J connectivity index is 0.00000341. The molecular weight excluding hydrogens is 510 g/mol. The first-order valence-corrected chi connectivity index (χ1v) is 10.3. The second-order valence-electron chi connectivity index (χ2n) is 7.17. The Hall–Kier alpha value is -2.20. The Labute approximate surface area is 200 Å². The van der Waals surface area contributed by atoms with Crippen molar-refractivity contribution in [2.24, 2.45) is 4.99 Å². The van der Waals surface area contributed by atoms with E-state index in [2.05, 4.69) is 15.6 Å². The number of amides is 1. The Bertz CT molecular complexity index is 859. The van der Waals surface area contributed by atoms with E-state index in [1.165, 1.54) is 12.1 Å². The lowest BCUT2D eigenvalue weighted by atomic mass is 10.1. The number of carbonyl (C=O) groups is 1. The number of rotatable bonds is 8. The molecule has 1 aliphatic rings. The Morgan fingerprint density at radius 3 is 2.45 bits per heavy atom. The number of nitrogens with one attached hydrogen (secondary N) is 2. The van der Waals surface area contributed by atoms with Crippen molar-refractivity contribution in [3.63, 3.8) is 0 Å². The molecule has 0 bridgehead atoms. The van der Waals surface area contributed by atoms with Gasteiger partial charge in [-0.05, 0) is 48.7 Å². The van der Waals surface area contributed by atoms with Gasteiger partial charge in [-0.25, -0.2) is 9.38 Å². The molecule has 1 fully saturated rings. The summed E-state index contributed by atoms with van der Waals surface area (Å²) in [7, 11) is 1.63. The van der Waals surface area contributed by atoms with Gasteiger partial charge >= 0.3 is 0 Å². The van der Waals surface area contributed by atoms with Crippen LogP contribution in [0.4, 0.5) is 10.1 Å². The minimum atomic E-state index is -0.267. The van der Waals surface area contributed by atoms with Gasteiger partial charge in [-0.2, -0.15) is 0 Å². The lowest BCUT2D eigenvalue weighted by molar-refractivity contribution is -0.117. The zero-order valence-electron chi connectivity index (χ0n) is 17.9. The number of hydrogen-bond donors (Lipinski definition) is 2. The summed E-state index contributed by atoms with van der Waals surface area (Å²) < 4.78 is 18.7. The van der Waals surface area contributed by atoms with Crippen LogP contribution in [0.1, 0.15) is 37.0 Å². The molecule has 2 aromatic carbocycles. The summed E-state index contributed by atoms with van der Waals surface area (Å²) in [5.41, 5.74) is 2.90. The summed E-state index contributed by atoms with van der Waals surface area (Å²) in [6.07, 6.45) is 1.33. The topological polar surface area (TPSA) is 66.0 Å². The van der Waals surface area contributed by atoms with Gasteiger partial charge < -0.3 is 20.3 Å². The first-order valence-electron chi connectivity index (χ1n) is 10.3. The molecule has 0 saturated carbocycles. The minimum Gasteiger partial charge on any atom is -0.375 e. The van der Waals surface area contributed by atoms with Gasteiger partial charge in [-0.3, -0.25) is 4.79 Å². The molecule has 1 heterocycles. The van der Waals surface area contributed by atoms with Crippen LogP contribution in [0.15, 0.2) is 53.5 Å². The maximum absolute atomic E-state index is 13.2. The van der Waals surface area contributed by atoms with Crippen LogP contribution >= 0.6 is 24.0 Å². The fourth-order valence-electron chi connectivity index (χ4n) is 3.42. The molecule has 0 spiro atoms. The lowest BCUT2D eigenvalue weighted by Gasteiger charge is -2.19. The third-order valence-corrected chi connectivity index (χ3v) is 5.07. The normalized spacial score (nSPS) is 14.9. The van der Waals surface area contributed by atoms with Gasteiger partial charge in [0.2, 0.25) is 5.91 Å². The van der Waals surface area contributed by atoms with E-state index >= 15 is 0 Å². The maximum Gasteiger partial charge on any atom is 0.227 e. The summed E-state index contributed by atoms with van der Waals surface area (Å²) >= 11 is 0. The smallest absolute Gasteiger partial charge is 0.227 e. The van der Waals surface area contributed by atoms with Crippen LogP contribution in [0.3, 0.4) is 0 Å². The standard InChI is InChI=1S/C23H29FN4O2.HI/c1-3-25-23(27-16-21(30-2)18-8-10-19(24)11-9-18)26-15-17-6-12-20(13-7-17)28-14-4-5-22(28)29;/h6-13,21H,3-5,14-16H2,1-2H3,(H2,25,26,27);1H. The second-order valence-corrected chi connectivity index (χ2v) is 7.17. The first kappa shape index (κ1) is 25.1. The molecule has 6 nitrogen and oxygen atoms in total. The molecule has 168 valence electrons. The number of guanidine groups is 1. The highest BCUT2D eigenvalue weighted by Crippen LogP contribution is 2.22. The van der Waals surface area contributed by atoms with Crippen LogP contribution in [0.5, 0.6) is 0 Å². The van der Waals surface area contributed by atoms with Crippen LogP contribution in [-0.2, 0) is 16.1 Å². The van der Waals surface area contributed by atoms with Crippen molar-refractivity contribution in [1.29, 1.82) is 0 Å². The van der Waals surface area contributed by atoms with E-state index in [0.29, 0.717) is 25.5 Å². The van der Waals surface area contributed by atoms with E-state index in [9.17, 15) is 9.18 Å². The van der Waals surface area contributed by atoms with E-state index in [0.717, 1.165) is 36.3 Å². The van der Waals surface area contributed by atoms with Crippen molar-refractivity contribution in [3.05, 3.63) is 65.5 Å². The zero-order valence-corrected chi connectivity index (χ0v) is 20.3. The summed E-state index contributed by atoms with van der Waals surface area (Å²) in [6.45, 7) is 4.55. The molecule has 0 radical (unpaired) electrons. The minimum absolute atomic E-state index is 0. The lowest BCUT2D eigenvalue weighted by Crippen LogP contribution is -2.39. The van der Waals surface area contributed by atoms with Crippen molar-refractivity contribution < 1.29 is 13.9 Å². The van der Waals surface area contributed by atoms with Gasteiger partial charge in [-0.1, -0.05) is 24.3 Å². The van der Waals surface area contributed by atoms with Crippen molar-refractivity contribution in [1.82, 2.24) is 10.6 Å². The van der Waals surface area contributed by atoms with Gasteiger partial charge in [-0.15, -0.1) is 24.0 Å². The van der Waals surface area contributed by atoms with Crippen molar-refractivity contribution in [2.75, 3.05) is 31.6 Å². The summed E-state index contributed by atoms with van der Waals surface area (Å²) in [4.78, 5) is 18.3. The van der Waals surface area contributed by atoms with Gasteiger partial charge in [0.15, 0.2) is 5.96 Å². The quantitative estimate of drug-likeness (QED) is 0.302. The average Bonchev–Trinajstić information content (AvgIpc) is 3.19. The first-order chi connectivity index (χ1) is 14.6. The molecule has 2 N–H and O–H groups in total. The number of aliphatic imine (C=N–C) groups is 1. The maximum atomic E-state index is 13.2. The van der Waals surface area contributed by atoms with Gasteiger partial charge in [0.1, 0.15) is 5.82 Å². The Morgan fingerprint density at radius 2 is 1.87 bits per heavy atom. The van der Waals surface area contributed by atoms with Crippen molar-refractivity contribution in [2.45, 2.75) is 32.4 Å². The van der Waals surface area contributed by atoms with Crippen LogP contribution in [0.2, 0.25) is 0 Å². The molecule has 3 rings (SSSR count). The van der Waals surface area contributed by atoms with E-state index in [-0.39, 0.29) is 41.8 Å².